The molecule has 0 spiro atoms. The first-order valence-corrected chi connectivity index (χ1v) is 5.61. The van der Waals surface area contributed by atoms with Crippen LogP contribution in [0.15, 0.2) is 18.2 Å². The number of nitrogens with one attached hydrogen (secondary N) is 1. The maximum atomic E-state index is 11.7. The molecule has 16 heavy (non-hydrogen) atoms. The number of nitrogens with two attached hydrogens (primary N) is 1. The smallest absolute Gasteiger partial charge is 0.227 e. The largest absolute Gasteiger partial charge is 0.354 e. The second kappa shape index (κ2) is 5.66. The van der Waals surface area contributed by atoms with Crippen LogP contribution in [0.2, 0.25) is 0 Å². The number of carbonyl (C=O) groups excluding carboxylic acids is 1. The zero-order valence-corrected chi connectivity index (χ0v) is 10.2. The molecule has 0 saturated carbocycles. The lowest BCUT2D eigenvalue weighted by molar-refractivity contribution is -0.122. The highest BCUT2D eigenvalue weighted by molar-refractivity contribution is 5.83. The van der Waals surface area contributed by atoms with Gasteiger partial charge < -0.3 is 11.1 Å². The van der Waals surface area contributed by atoms with Gasteiger partial charge in [0.05, 0.1) is 5.92 Å². The van der Waals surface area contributed by atoms with Crippen molar-refractivity contribution in [3.8, 4) is 0 Å². The molecule has 1 atom stereocenters. The molecule has 0 aromatic heterocycles. The number of aryl methyl sites for hydroxylation is 2. The highest BCUT2D eigenvalue weighted by atomic mass is 16.1. The molecule has 3 heteroatoms. The van der Waals surface area contributed by atoms with Gasteiger partial charge in [0.25, 0.3) is 0 Å². The predicted molar refractivity (Wildman–Crippen MR) is 66.4 cm³/mol. The Morgan fingerprint density at radius 1 is 1.38 bits per heavy atom. The Morgan fingerprint density at radius 2 is 2.06 bits per heavy atom. The van der Waals surface area contributed by atoms with E-state index < -0.39 is 0 Å². The first-order valence-electron chi connectivity index (χ1n) is 5.61. The maximum Gasteiger partial charge on any atom is 0.227 e. The van der Waals surface area contributed by atoms with Gasteiger partial charge in [-0.15, -0.1) is 0 Å². The third-order valence-corrected chi connectivity index (χ3v) is 2.87. The van der Waals surface area contributed by atoms with Crippen LogP contribution in [0.4, 0.5) is 0 Å². The summed E-state index contributed by atoms with van der Waals surface area (Å²) in [6.07, 6.45) is 0. The first-order chi connectivity index (χ1) is 7.56. The minimum Gasteiger partial charge on any atom is -0.354 e. The van der Waals surface area contributed by atoms with Crippen molar-refractivity contribution in [3.05, 3.63) is 34.9 Å². The number of benzene rings is 1. The minimum atomic E-state index is -0.120. The van der Waals surface area contributed by atoms with Gasteiger partial charge in [-0.1, -0.05) is 18.2 Å². The zero-order chi connectivity index (χ0) is 12.1. The summed E-state index contributed by atoms with van der Waals surface area (Å²) in [5.74, 6) is -0.0837. The summed E-state index contributed by atoms with van der Waals surface area (Å²) >= 11 is 0. The molecule has 1 rings (SSSR count). The van der Waals surface area contributed by atoms with Crippen molar-refractivity contribution < 1.29 is 4.79 Å². The van der Waals surface area contributed by atoms with Crippen molar-refractivity contribution in [2.75, 3.05) is 13.1 Å². The molecule has 0 aliphatic carbocycles. The molecular weight excluding hydrogens is 200 g/mol. The van der Waals surface area contributed by atoms with Gasteiger partial charge in [0.1, 0.15) is 0 Å². The van der Waals surface area contributed by atoms with Gasteiger partial charge >= 0.3 is 0 Å². The molecule has 88 valence electrons. The van der Waals surface area contributed by atoms with Crippen LogP contribution >= 0.6 is 0 Å². The normalized spacial score (nSPS) is 12.2. The molecule has 0 saturated heterocycles. The van der Waals surface area contributed by atoms with Crippen LogP contribution in [-0.4, -0.2) is 19.0 Å². The quantitative estimate of drug-likeness (QED) is 0.807. The van der Waals surface area contributed by atoms with E-state index in [1.807, 2.05) is 13.0 Å². The fourth-order valence-electron chi connectivity index (χ4n) is 1.53. The van der Waals surface area contributed by atoms with Crippen LogP contribution in [0.3, 0.4) is 0 Å². The Labute approximate surface area is 97.0 Å². The second-order valence-corrected chi connectivity index (χ2v) is 4.15. The number of hydrogen-bond donors (Lipinski definition) is 2. The van der Waals surface area contributed by atoms with E-state index in [0.717, 1.165) is 5.56 Å². The summed E-state index contributed by atoms with van der Waals surface area (Å²) in [4.78, 5) is 11.7. The molecule has 1 aromatic rings. The van der Waals surface area contributed by atoms with Gasteiger partial charge in [-0.25, -0.2) is 0 Å². The molecule has 0 radical (unpaired) electrons. The van der Waals surface area contributed by atoms with E-state index in [1.165, 1.54) is 11.1 Å². The number of amides is 1. The Bertz CT molecular complexity index is 374. The standard InChI is InChI=1S/C13H20N2O/c1-9-4-5-12(8-10(9)2)11(3)13(16)15-7-6-14/h4-5,8,11H,6-7,14H2,1-3H3,(H,15,16). The topological polar surface area (TPSA) is 55.1 Å². The van der Waals surface area contributed by atoms with E-state index in [0.29, 0.717) is 13.1 Å². The van der Waals surface area contributed by atoms with Gasteiger partial charge in [-0.05, 0) is 37.5 Å². The lowest BCUT2D eigenvalue weighted by atomic mass is 9.96. The predicted octanol–water partition coefficient (Wildman–Crippen LogP) is 1.48. The van der Waals surface area contributed by atoms with Crippen molar-refractivity contribution in [2.45, 2.75) is 26.7 Å². The third kappa shape index (κ3) is 3.07. The SMILES string of the molecule is Cc1ccc(C(C)C(=O)NCCN)cc1C. The average Bonchev–Trinajstić information content (AvgIpc) is 2.28. The summed E-state index contributed by atoms with van der Waals surface area (Å²) in [5.41, 5.74) is 8.87. The zero-order valence-electron chi connectivity index (χ0n) is 10.2. The molecule has 3 N–H and O–H groups in total. The summed E-state index contributed by atoms with van der Waals surface area (Å²) in [5, 5.41) is 2.80. The van der Waals surface area contributed by atoms with Crippen molar-refractivity contribution in [2.24, 2.45) is 5.73 Å². The third-order valence-electron chi connectivity index (χ3n) is 2.87. The molecule has 0 heterocycles. The molecule has 0 fully saturated rings. The number of hydrogen-bond acceptors (Lipinski definition) is 2. The van der Waals surface area contributed by atoms with Crippen LogP contribution in [0, 0.1) is 13.8 Å². The molecule has 1 aromatic carbocycles. The molecule has 1 amide bonds. The van der Waals surface area contributed by atoms with Gasteiger partial charge in [0.2, 0.25) is 5.91 Å². The van der Waals surface area contributed by atoms with Crippen molar-refractivity contribution in [3.63, 3.8) is 0 Å². The Balaban J connectivity index is 2.75. The van der Waals surface area contributed by atoms with Crippen molar-refractivity contribution in [1.82, 2.24) is 5.32 Å². The van der Waals surface area contributed by atoms with E-state index in [1.54, 1.807) is 0 Å². The monoisotopic (exact) mass is 220 g/mol. The lowest BCUT2D eigenvalue weighted by Crippen LogP contribution is -2.32. The van der Waals surface area contributed by atoms with E-state index in [-0.39, 0.29) is 11.8 Å². The van der Waals surface area contributed by atoms with Gasteiger partial charge in [0.15, 0.2) is 0 Å². The summed E-state index contributed by atoms with van der Waals surface area (Å²) in [6.45, 7) is 7.05. The summed E-state index contributed by atoms with van der Waals surface area (Å²) < 4.78 is 0. The van der Waals surface area contributed by atoms with E-state index >= 15 is 0 Å². The van der Waals surface area contributed by atoms with E-state index in [9.17, 15) is 4.79 Å². The first kappa shape index (κ1) is 12.7. The van der Waals surface area contributed by atoms with Crippen LogP contribution in [0.1, 0.15) is 29.5 Å². The molecule has 0 bridgehead atoms. The van der Waals surface area contributed by atoms with E-state index in [2.05, 4.69) is 31.3 Å². The summed E-state index contributed by atoms with van der Waals surface area (Å²) in [6, 6.07) is 6.13. The van der Waals surface area contributed by atoms with Crippen molar-refractivity contribution in [1.29, 1.82) is 0 Å². The fourth-order valence-corrected chi connectivity index (χ4v) is 1.53. The molecule has 0 aliphatic heterocycles. The van der Waals surface area contributed by atoms with Crippen LogP contribution in [0.25, 0.3) is 0 Å². The second-order valence-electron chi connectivity index (χ2n) is 4.15. The van der Waals surface area contributed by atoms with Crippen LogP contribution in [-0.2, 0) is 4.79 Å². The Morgan fingerprint density at radius 3 is 2.62 bits per heavy atom. The number of carbonyl (C=O) groups is 1. The van der Waals surface area contributed by atoms with Crippen molar-refractivity contribution >= 4 is 5.91 Å². The molecule has 3 nitrogen and oxygen atoms in total. The lowest BCUT2D eigenvalue weighted by Gasteiger charge is -2.13. The Hall–Kier alpha value is -1.35. The summed E-state index contributed by atoms with van der Waals surface area (Å²) in [7, 11) is 0. The fraction of sp³-hybridized carbons (Fsp3) is 0.462. The minimum absolute atomic E-state index is 0.0358. The van der Waals surface area contributed by atoms with Crippen LogP contribution < -0.4 is 11.1 Å². The number of rotatable bonds is 4. The van der Waals surface area contributed by atoms with Gasteiger partial charge in [-0.3, -0.25) is 4.79 Å². The van der Waals surface area contributed by atoms with Gasteiger partial charge in [-0.2, -0.15) is 0 Å². The Kier molecular flexibility index (Phi) is 4.50. The van der Waals surface area contributed by atoms with Crippen LogP contribution in [0.5, 0.6) is 0 Å². The molecular formula is C13H20N2O. The highest BCUT2D eigenvalue weighted by Crippen LogP contribution is 2.18. The molecule has 0 aliphatic rings. The van der Waals surface area contributed by atoms with E-state index in [4.69, 9.17) is 5.73 Å². The van der Waals surface area contributed by atoms with Gasteiger partial charge in [0, 0.05) is 13.1 Å². The average molecular weight is 220 g/mol. The maximum absolute atomic E-state index is 11.7. The highest BCUT2D eigenvalue weighted by Gasteiger charge is 2.14. The molecule has 1 unspecified atom stereocenters.